The SMILES string of the molecule is C=C(C)C1(Oc2cc(C(=O)OCCS(=O)(=O)[O-])ccc2C(F)(F)F)CCCCC1. The Labute approximate surface area is 167 Å². The Morgan fingerprint density at radius 3 is 2.38 bits per heavy atom. The Morgan fingerprint density at radius 2 is 1.86 bits per heavy atom. The predicted octanol–water partition coefficient (Wildman–Crippen LogP) is 4.07. The van der Waals surface area contributed by atoms with E-state index in [9.17, 15) is 30.9 Å². The minimum Gasteiger partial charge on any atom is -0.748 e. The highest BCUT2D eigenvalue weighted by atomic mass is 32.2. The van der Waals surface area contributed by atoms with Gasteiger partial charge in [0.05, 0.1) is 27.0 Å². The van der Waals surface area contributed by atoms with E-state index in [1.54, 1.807) is 6.92 Å². The Kier molecular flexibility index (Phi) is 7.00. The summed E-state index contributed by atoms with van der Waals surface area (Å²) in [4.78, 5) is 12.1. The van der Waals surface area contributed by atoms with Crippen molar-refractivity contribution in [2.45, 2.75) is 50.8 Å². The van der Waals surface area contributed by atoms with Gasteiger partial charge in [0, 0.05) is 0 Å². The minimum absolute atomic E-state index is 0.246. The lowest BCUT2D eigenvalue weighted by atomic mass is 9.80. The van der Waals surface area contributed by atoms with E-state index in [1.165, 1.54) is 0 Å². The maximum absolute atomic E-state index is 13.5. The van der Waals surface area contributed by atoms with Crippen LogP contribution < -0.4 is 4.74 Å². The number of carbonyl (C=O) groups excluding carboxylic acids is 1. The third-order valence-corrected chi connectivity index (χ3v) is 5.50. The van der Waals surface area contributed by atoms with E-state index in [0.717, 1.165) is 31.4 Å². The van der Waals surface area contributed by atoms with E-state index in [1.807, 2.05) is 0 Å². The average molecular weight is 435 g/mol. The minimum atomic E-state index is -4.71. The second kappa shape index (κ2) is 8.74. The number of hydrogen-bond donors (Lipinski definition) is 0. The lowest BCUT2D eigenvalue weighted by molar-refractivity contribution is -0.140. The first-order chi connectivity index (χ1) is 13.3. The molecule has 0 spiro atoms. The third kappa shape index (κ3) is 6.20. The van der Waals surface area contributed by atoms with Crippen LogP contribution >= 0.6 is 0 Å². The molecule has 0 radical (unpaired) electrons. The summed E-state index contributed by atoms with van der Waals surface area (Å²) in [6, 6.07) is 2.55. The van der Waals surface area contributed by atoms with Gasteiger partial charge in [-0.15, -0.1) is 0 Å². The summed E-state index contributed by atoms with van der Waals surface area (Å²) in [5.41, 5.74) is -1.65. The van der Waals surface area contributed by atoms with Crippen molar-refractivity contribution in [2.75, 3.05) is 12.4 Å². The first kappa shape index (κ1) is 23.2. The summed E-state index contributed by atoms with van der Waals surface area (Å²) in [5.74, 6) is -2.50. The number of ether oxygens (including phenoxy) is 2. The Balaban J connectivity index is 2.34. The van der Waals surface area contributed by atoms with Crippen LogP contribution in [0.25, 0.3) is 0 Å². The molecular weight excluding hydrogens is 413 g/mol. The van der Waals surface area contributed by atoms with Crippen molar-refractivity contribution in [3.8, 4) is 5.75 Å². The van der Waals surface area contributed by atoms with Gasteiger partial charge in [-0.1, -0.05) is 13.0 Å². The monoisotopic (exact) mass is 435 g/mol. The number of rotatable bonds is 7. The lowest BCUT2D eigenvalue weighted by Crippen LogP contribution is -2.39. The van der Waals surface area contributed by atoms with Crippen LogP contribution in [0.15, 0.2) is 30.4 Å². The van der Waals surface area contributed by atoms with Gasteiger partial charge >= 0.3 is 12.1 Å². The van der Waals surface area contributed by atoms with Crippen LogP contribution in [0.2, 0.25) is 0 Å². The Morgan fingerprint density at radius 1 is 1.24 bits per heavy atom. The molecule has 0 heterocycles. The molecule has 0 aromatic heterocycles. The van der Waals surface area contributed by atoms with Crippen molar-refractivity contribution in [1.29, 1.82) is 0 Å². The van der Waals surface area contributed by atoms with Crippen molar-refractivity contribution < 1.29 is 40.4 Å². The number of carbonyl (C=O) groups is 1. The third-order valence-electron chi connectivity index (χ3n) is 4.83. The van der Waals surface area contributed by atoms with Gasteiger partial charge in [-0.25, -0.2) is 13.2 Å². The summed E-state index contributed by atoms with van der Waals surface area (Å²) in [5, 5.41) is 0. The normalized spacial score (nSPS) is 16.9. The highest BCUT2D eigenvalue weighted by Gasteiger charge is 2.40. The van der Waals surface area contributed by atoms with Gasteiger partial charge in [0.1, 0.15) is 18.0 Å². The summed E-state index contributed by atoms with van der Waals surface area (Å²) in [7, 11) is -4.58. The Bertz CT molecular complexity index is 870. The molecule has 0 aliphatic heterocycles. The van der Waals surface area contributed by atoms with Gasteiger partial charge < -0.3 is 14.0 Å². The molecule has 1 fully saturated rings. The zero-order chi connectivity index (χ0) is 21.9. The van der Waals surface area contributed by atoms with E-state index < -0.39 is 51.5 Å². The second-order valence-electron chi connectivity index (χ2n) is 7.04. The molecule has 1 aliphatic rings. The first-order valence-electron chi connectivity index (χ1n) is 9.01. The fraction of sp³-hybridized carbons (Fsp3) is 0.526. The molecule has 10 heteroatoms. The summed E-state index contributed by atoms with van der Waals surface area (Å²) in [6.07, 6.45) is -1.19. The van der Waals surface area contributed by atoms with E-state index in [4.69, 9.17) is 4.74 Å². The van der Waals surface area contributed by atoms with Crippen LogP contribution in [0, 0.1) is 0 Å². The lowest BCUT2D eigenvalue weighted by Gasteiger charge is -2.39. The highest BCUT2D eigenvalue weighted by Crippen LogP contribution is 2.43. The van der Waals surface area contributed by atoms with Gasteiger partial charge in [0.2, 0.25) is 0 Å². The van der Waals surface area contributed by atoms with Gasteiger partial charge in [-0.3, -0.25) is 0 Å². The Hall–Kier alpha value is -2.07. The van der Waals surface area contributed by atoms with Crippen molar-refractivity contribution in [3.05, 3.63) is 41.5 Å². The summed E-state index contributed by atoms with van der Waals surface area (Å²) < 4.78 is 82.7. The molecule has 1 aliphatic carbocycles. The zero-order valence-corrected chi connectivity index (χ0v) is 16.7. The maximum Gasteiger partial charge on any atom is 0.419 e. The molecular formula is C19H22F3O6S-. The quantitative estimate of drug-likeness (QED) is 0.364. The molecule has 6 nitrogen and oxygen atoms in total. The number of benzene rings is 1. The van der Waals surface area contributed by atoms with Crippen LogP contribution in [0.5, 0.6) is 5.75 Å². The van der Waals surface area contributed by atoms with Gasteiger partial charge in [0.25, 0.3) is 0 Å². The fourth-order valence-electron chi connectivity index (χ4n) is 3.24. The molecule has 162 valence electrons. The summed E-state index contributed by atoms with van der Waals surface area (Å²) in [6.45, 7) is 4.87. The molecule has 0 saturated heterocycles. The highest BCUT2D eigenvalue weighted by molar-refractivity contribution is 7.85. The van der Waals surface area contributed by atoms with Crippen LogP contribution in [0.4, 0.5) is 13.2 Å². The molecule has 1 aromatic rings. The smallest absolute Gasteiger partial charge is 0.419 e. The zero-order valence-electron chi connectivity index (χ0n) is 15.9. The van der Waals surface area contributed by atoms with Crippen molar-refractivity contribution in [1.82, 2.24) is 0 Å². The van der Waals surface area contributed by atoms with E-state index in [0.29, 0.717) is 24.5 Å². The molecule has 1 aromatic carbocycles. The van der Waals surface area contributed by atoms with Crippen molar-refractivity contribution in [3.63, 3.8) is 0 Å². The largest absolute Gasteiger partial charge is 0.748 e. The van der Waals surface area contributed by atoms with Gasteiger partial charge in [-0.05, 0) is 56.4 Å². The fourth-order valence-corrected chi connectivity index (χ4v) is 3.52. The second-order valence-corrected chi connectivity index (χ2v) is 8.57. The maximum atomic E-state index is 13.5. The number of hydrogen-bond acceptors (Lipinski definition) is 6. The van der Waals surface area contributed by atoms with Crippen LogP contribution in [-0.2, 0) is 21.0 Å². The molecule has 0 bridgehead atoms. The molecule has 0 amide bonds. The number of halogens is 3. The molecule has 0 unspecified atom stereocenters. The van der Waals surface area contributed by atoms with Crippen LogP contribution in [0.3, 0.4) is 0 Å². The molecule has 0 N–H and O–H groups in total. The predicted molar refractivity (Wildman–Crippen MR) is 97.5 cm³/mol. The number of alkyl halides is 3. The van der Waals surface area contributed by atoms with E-state index in [2.05, 4.69) is 11.3 Å². The van der Waals surface area contributed by atoms with Gasteiger partial charge in [-0.2, -0.15) is 13.2 Å². The molecule has 1 saturated carbocycles. The van der Waals surface area contributed by atoms with Crippen LogP contribution in [-0.4, -0.2) is 36.9 Å². The van der Waals surface area contributed by atoms with Crippen LogP contribution in [0.1, 0.15) is 54.9 Å². The summed E-state index contributed by atoms with van der Waals surface area (Å²) >= 11 is 0. The molecule has 0 atom stereocenters. The number of esters is 1. The van der Waals surface area contributed by atoms with Crippen molar-refractivity contribution >= 4 is 16.1 Å². The molecule has 29 heavy (non-hydrogen) atoms. The van der Waals surface area contributed by atoms with Crippen molar-refractivity contribution in [2.24, 2.45) is 0 Å². The molecule has 2 rings (SSSR count). The van der Waals surface area contributed by atoms with E-state index in [-0.39, 0.29) is 5.56 Å². The standard InChI is InChI=1S/C19H23F3O6S/c1-13(2)18(8-4-3-5-9-18)28-16-12-14(6-7-15(16)19(20,21)22)17(23)27-10-11-29(24,25)26/h6-7,12H,1,3-5,8-11H2,2H3,(H,24,25,26)/p-1. The first-order valence-corrected chi connectivity index (χ1v) is 10.6. The van der Waals surface area contributed by atoms with E-state index >= 15 is 0 Å². The van der Waals surface area contributed by atoms with Gasteiger partial charge in [0.15, 0.2) is 0 Å². The topological polar surface area (TPSA) is 92.7 Å². The average Bonchev–Trinajstić information content (AvgIpc) is 2.60.